The van der Waals surface area contributed by atoms with Crippen LogP contribution < -0.4 is 10.1 Å². The summed E-state index contributed by atoms with van der Waals surface area (Å²) in [5, 5.41) is 7.15. The van der Waals surface area contributed by atoms with E-state index in [2.05, 4.69) is 15.2 Å². The van der Waals surface area contributed by atoms with Crippen molar-refractivity contribution in [2.45, 2.75) is 25.0 Å². The molecule has 1 aromatic heterocycles. The van der Waals surface area contributed by atoms with Gasteiger partial charge in [-0.1, -0.05) is 0 Å². The maximum Gasteiger partial charge on any atom is 0.387 e. The lowest BCUT2D eigenvalue weighted by atomic mass is 10.2. The van der Waals surface area contributed by atoms with Crippen molar-refractivity contribution < 1.29 is 26.7 Å². The number of benzene rings is 1. The van der Waals surface area contributed by atoms with E-state index in [1.807, 2.05) is 20.0 Å². The van der Waals surface area contributed by atoms with Crippen LogP contribution in [0.25, 0.3) is 0 Å². The lowest BCUT2D eigenvalue weighted by Crippen LogP contribution is -2.41. The summed E-state index contributed by atoms with van der Waals surface area (Å²) in [4.78, 5) is 14.1. The average Bonchev–Trinajstić information content (AvgIpc) is 3.40. The molecule has 4 rings (SSSR count). The SMILES string of the molecule is Cc1cc(CNC(=O)N2CC3=C(C2)CN(S(=O)(=O)c2ccc(OC(F)F)cc2)C3)nn1C. The fraction of sp³-hybridized carbons (Fsp3) is 0.400. The highest BCUT2D eigenvalue weighted by atomic mass is 32.2. The number of aromatic nitrogens is 2. The molecular weight excluding hydrogens is 444 g/mol. The minimum Gasteiger partial charge on any atom is -0.435 e. The topological polar surface area (TPSA) is 96.8 Å². The number of carbonyl (C=O) groups excluding carboxylic acids is 1. The smallest absolute Gasteiger partial charge is 0.387 e. The lowest BCUT2D eigenvalue weighted by molar-refractivity contribution is -0.0498. The molecule has 0 spiro atoms. The van der Waals surface area contributed by atoms with Gasteiger partial charge in [-0.25, -0.2) is 13.2 Å². The fourth-order valence-electron chi connectivity index (χ4n) is 3.80. The molecule has 9 nitrogen and oxygen atoms in total. The van der Waals surface area contributed by atoms with Gasteiger partial charge in [-0.05, 0) is 48.4 Å². The van der Waals surface area contributed by atoms with Crippen molar-refractivity contribution in [2.24, 2.45) is 7.05 Å². The molecule has 12 heteroatoms. The Balaban J connectivity index is 1.32. The van der Waals surface area contributed by atoms with Gasteiger partial charge < -0.3 is 15.0 Å². The van der Waals surface area contributed by atoms with E-state index in [1.165, 1.54) is 28.6 Å². The molecule has 0 bridgehead atoms. The van der Waals surface area contributed by atoms with E-state index in [0.717, 1.165) is 22.5 Å². The number of urea groups is 1. The van der Waals surface area contributed by atoms with Crippen molar-refractivity contribution in [3.05, 3.63) is 52.9 Å². The molecule has 2 aromatic rings. The van der Waals surface area contributed by atoms with Crippen LogP contribution >= 0.6 is 0 Å². The summed E-state index contributed by atoms with van der Waals surface area (Å²) in [6.45, 7) is 0.361. The number of hydrogen-bond donors (Lipinski definition) is 1. The molecule has 0 radical (unpaired) electrons. The van der Waals surface area contributed by atoms with Crippen LogP contribution in [0.15, 0.2) is 46.4 Å². The number of halogens is 2. The van der Waals surface area contributed by atoms with Crippen molar-refractivity contribution in [3.8, 4) is 5.75 Å². The first kappa shape index (κ1) is 22.2. The van der Waals surface area contributed by atoms with E-state index in [0.29, 0.717) is 19.6 Å². The molecule has 1 N–H and O–H groups in total. The Hall–Kier alpha value is -2.99. The summed E-state index contributed by atoms with van der Waals surface area (Å²) in [6.07, 6.45) is 0. The number of ether oxygens (including phenoxy) is 1. The van der Waals surface area contributed by atoms with Crippen LogP contribution in [-0.4, -0.2) is 66.2 Å². The standard InChI is InChI=1S/C20H23F2N5O4S/c1-13-7-16(24-25(13)2)8-23-20(28)26-9-14-11-27(12-15(14)10-26)32(29,30)18-5-3-17(4-6-18)31-19(21)22/h3-7,19H,8-12H2,1-2H3,(H,23,28). The number of hydrogen-bond acceptors (Lipinski definition) is 5. The third kappa shape index (κ3) is 4.46. The zero-order chi connectivity index (χ0) is 23.0. The van der Waals surface area contributed by atoms with Crippen LogP contribution in [-0.2, 0) is 23.6 Å². The Morgan fingerprint density at radius 3 is 2.31 bits per heavy atom. The van der Waals surface area contributed by atoms with E-state index >= 15 is 0 Å². The van der Waals surface area contributed by atoms with Gasteiger partial charge in [0, 0.05) is 38.9 Å². The van der Waals surface area contributed by atoms with Gasteiger partial charge in [0.25, 0.3) is 0 Å². The van der Waals surface area contributed by atoms with Crippen LogP contribution in [0.1, 0.15) is 11.4 Å². The van der Waals surface area contributed by atoms with Crippen molar-refractivity contribution in [1.29, 1.82) is 0 Å². The predicted octanol–water partition coefficient (Wildman–Crippen LogP) is 1.86. The normalized spacial score (nSPS) is 16.7. The molecule has 0 saturated carbocycles. The van der Waals surface area contributed by atoms with Crippen LogP contribution in [0, 0.1) is 6.92 Å². The van der Waals surface area contributed by atoms with Gasteiger partial charge in [-0.2, -0.15) is 18.2 Å². The van der Waals surface area contributed by atoms with E-state index in [-0.39, 0.29) is 29.8 Å². The zero-order valence-corrected chi connectivity index (χ0v) is 18.4. The first-order valence-corrected chi connectivity index (χ1v) is 11.3. The molecule has 2 amide bonds. The molecule has 0 saturated heterocycles. The first-order valence-electron chi connectivity index (χ1n) is 9.90. The number of amides is 2. The van der Waals surface area contributed by atoms with Gasteiger partial charge in [0.1, 0.15) is 5.75 Å². The second kappa shape index (κ2) is 8.51. The predicted molar refractivity (Wildman–Crippen MR) is 111 cm³/mol. The molecule has 2 aliphatic heterocycles. The lowest BCUT2D eigenvalue weighted by Gasteiger charge is -2.23. The van der Waals surface area contributed by atoms with E-state index in [9.17, 15) is 22.0 Å². The molecule has 0 atom stereocenters. The number of alkyl halides is 2. The highest BCUT2D eigenvalue weighted by Crippen LogP contribution is 2.30. The van der Waals surface area contributed by atoms with Crippen LogP contribution in [0.5, 0.6) is 5.75 Å². The second-order valence-corrected chi connectivity index (χ2v) is 9.68. The highest BCUT2D eigenvalue weighted by Gasteiger charge is 2.37. The van der Waals surface area contributed by atoms with Gasteiger partial charge in [0.15, 0.2) is 0 Å². The Bertz CT molecular complexity index is 1120. The Labute approximate surface area is 184 Å². The monoisotopic (exact) mass is 467 g/mol. The second-order valence-electron chi connectivity index (χ2n) is 7.75. The summed E-state index contributed by atoms with van der Waals surface area (Å²) in [5.74, 6) is -0.108. The average molecular weight is 467 g/mol. The van der Waals surface area contributed by atoms with Crippen molar-refractivity contribution in [2.75, 3.05) is 26.2 Å². The number of nitrogens with one attached hydrogen (secondary N) is 1. The molecular formula is C20H23F2N5O4S. The maximum absolute atomic E-state index is 12.9. The number of rotatable bonds is 6. The fourth-order valence-corrected chi connectivity index (χ4v) is 5.23. The molecule has 172 valence electrons. The van der Waals surface area contributed by atoms with Gasteiger partial charge in [-0.15, -0.1) is 0 Å². The van der Waals surface area contributed by atoms with Crippen LogP contribution in [0.3, 0.4) is 0 Å². The summed E-state index contributed by atoms with van der Waals surface area (Å²) >= 11 is 0. The highest BCUT2D eigenvalue weighted by molar-refractivity contribution is 7.89. The maximum atomic E-state index is 12.9. The summed E-state index contributed by atoms with van der Waals surface area (Å²) in [5.41, 5.74) is 3.55. The van der Waals surface area contributed by atoms with Crippen molar-refractivity contribution in [1.82, 2.24) is 24.3 Å². The third-order valence-corrected chi connectivity index (χ3v) is 7.36. The number of sulfonamides is 1. The Kier molecular flexibility index (Phi) is 5.91. The number of aryl methyl sites for hydroxylation is 2. The molecule has 3 heterocycles. The molecule has 0 aliphatic carbocycles. The molecule has 32 heavy (non-hydrogen) atoms. The largest absolute Gasteiger partial charge is 0.435 e. The minimum absolute atomic E-state index is 0.000503. The third-order valence-electron chi connectivity index (χ3n) is 5.56. The van der Waals surface area contributed by atoms with Gasteiger partial charge in [0.2, 0.25) is 10.0 Å². The Morgan fingerprint density at radius 1 is 1.16 bits per heavy atom. The van der Waals surface area contributed by atoms with Gasteiger partial charge in [0.05, 0.1) is 17.1 Å². The van der Waals surface area contributed by atoms with E-state index in [1.54, 1.807) is 9.58 Å². The molecule has 1 aromatic carbocycles. The molecule has 2 aliphatic rings. The Morgan fingerprint density at radius 2 is 1.78 bits per heavy atom. The van der Waals surface area contributed by atoms with Gasteiger partial charge in [-0.3, -0.25) is 4.68 Å². The quantitative estimate of drug-likeness (QED) is 0.655. The number of nitrogens with zero attached hydrogens (tertiary/aromatic N) is 4. The van der Waals surface area contributed by atoms with Crippen molar-refractivity contribution in [3.63, 3.8) is 0 Å². The van der Waals surface area contributed by atoms with Crippen molar-refractivity contribution >= 4 is 16.1 Å². The van der Waals surface area contributed by atoms with E-state index < -0.39 is 16.6 Å². The number of carbonyl (C=O) groups is 1. The van der Waals surface area contributed by atoms with Gasteiger partial charge >= 0.3 is 12.6 Å². The van der Waals surface area contributed by atoms with Crippen LogP contribution in [0.4, 0.5) is 13.6 Å². The summed E-state index contributed by atoms with van der Waals surface area (Å²) in [6, 6.07) is 6.56. The zero-order valence-electron chi connectivity index (χ0n) is 17.6. The summed E-state index contributed by atoms with van der Waals surface area (Å²) < 4.78 is 57.7. The van der Waals surface area contributed by atoms with Crippen LogP contribution in [0.2, 0.25) is 0 Å². The van der Waals surface area contributed by atoms with E-state index in [4.69, 9.17) is 0 Å². The first-order chi connectivity index (χ1) is 15.1. The minimum atomic E-state index is -3.79. The summed E-state index contributed by atoms with van der Waals surface area (Å²) in [7, 11) is -1.96. The molecule has 0 unspecified atom stereocenters. The molecule has 0 fully saturated rings.